The zero-order valence-corrected chi connectivity index (χ0v) is 14.6. The first-order valence-corrected chi connectivity index (χ1v) is 8.36. The van der Waals surface area contributed by atoms with Crippen molar-refractivity contribution in [3.8, 4) is 5.75 Å². The number of thiocarbonyl (C=S) groups is 1. The molecule has 8 heteroatoms. The molecule has 1 saturated heterocycles. The van der Waals surface area contributed by atoms with Gasteiger partial charge in [0.1, 0.15) is 10.1 Å². The summed E-state index contributed by atoms with van der Waals surface area (Å²) in [6.45, 7) is 1.98. The van der Waals surface area contributed by atoms with Gasteiger partial charge in [-0.1, -0.05) is 35.6 Å². The van der Waals surface area contributed by atoms with Crippen molar-refractivity contribution < 1.29 is 19.8 Å². The topological polar surface area (TPSA) is 77.8 Å². The molecule has 0 saturated carbocycles. The van der Waals surface area contributed by atoms with E-state index in [0.29, 0.717) is 31.8 Å². The van der Waals surface area contributed by atoms with Crippen LogP contribution < -0.4 is 0 Å². The molecule has 0 atom stereocenters. The minimum absolute atomic E-state index is 0.0234. The Balaban J connectivity index is 2.20. The highest BCUT2D eigenvalue weighted by Crippen LogP contribution is 2.35. The summed E-state index contributed by atoms with van der Waals surface area (Å²) in [5.74, 6) is -1.14. The van der Waals surface area contributed by atoms with Crippen LogP contribution in [0.5, 0.6) is 5.75 Å². The van der Waals surface area contributed by atoms with E-state index >= 15 is 0 Å². The molecule has 1 aromatic carbocycles. The number of carbonyl (C=O) groups is 2. The summed E-state index contributed by atoms with van der Waals surface area (Å²) in [7, 11) is 0. The molecule has 0 radical (unpaired) electrons. The van der Waals surface area contributed by atoms with Crippen molar-refractivity contribution in [3.05, 3.63) is 33.2 Å². The fourth-order valence-corrected chi connectivity index (χ4v) is 3.67. The fraction of sp³-hybridized carbons (Fsp3) is 0.267. The van der Waals surface area contributed by atoms with Crippen molar-refractivity contribution in [2.75, 3.05) is 6.54 Å². The molecule has 1 fully saturated rings. The first-order valence-electron chi connectivity index (χ1n) is 6.76. The van der Waals surface area contributed by atoms with Crippen molar-refractivity contribution in [2.24, 2.45) is 0 Å². The Hall–Kier alpha value is -1.57. The molecule has 0 aliphatic carbocycles. The molecule has 1 aromatic rings. The van der Waals surface area contributed by atoms with Gasteiger partial charge in [-0.3, -0.25) is 14.5 Å². The number of carboxylic acids is 1. The van der Waals surface area contributed by atoms with Crippen molar-refractivity contribution in [1.29, 1.82) is 0 Å². The normalized spacial score (nSPS) is 16.4. The highest BCUT2D eigenvalue weighted by atomic mass is 35.5. The lowest BCUT2D eigenvalue weighted by atomic mass is 10.1. The standard InChI is InChI=1S/C15H14ClNO4S2/c1-8-5-10(16)6-9(13(8)20)7-11-14(21)17(15(22)23-11)4-2-3-12(18)19/h5-7,20H,2-4H2,1H3,(H,18,19). The third-order valence-electron chi connectivity index (χ3n) is 3.23. The van der Waals surface area contributed by atoms with E-state index in [4.69, 9.17) is 28.9 Å². The van der Waals surface area contributed by atoms with E-state index in [2.05, 4.69) is 0 Å². The molecule has 0 bridgehead atoms. The fourth-order valence-electron chi connectivity index (χ4n) is 2.09. The number of aliphatic carboxylic acids is 1. The Morgan fingerprint density at radius 1 is 1.48 bits per heavy atom. The quantitative estimate of drug-likeness (QED) is 0.610. The van der Waals surface area contributed by atoms with Crippen molar-refractivity contribution in [1.82, 2.24) is 4.90 Å². The molecule has 0 aromatic heterocycles. The second-order valence-corrected chi connectivity index (χ2v) is 7.10. The van der Waals surface area contributed by atoms with E-state index in [-0.39, 0.29) is 24.6 Å². The van der Waals surface area contributed by atoms with Crippen LogP contribution in [0, 0.1) is 6.92 Å². The second-order valence-electron chi connectivity index (χ2n) is 4.99. The number of rotatable bonds is 5. The summed E-state index contributed by atoms with van der Waals surface area (Å²) in [5, 5.41) is 19.2. The number of aryl methyl sites for hydroxylation is 1. The van der Waals surface area contributed by atoms with Crippen LogP contribution in [0.4, 0.5) is 0 Å². The number of nitrogens with zero attached hydrogens (tertiary/aromatic N) is 1. The molecular weight excluding hydrogens is 358 g/mol. The van der Waals surface area contributed by atoms with Crippen LogP contribution in [0.25, 0.3) is 6.08 Å². The number of thioether (sulfide) groups is 1. The third-order valence-corrected chi connectivity index (χ3v) is 4.82. The second kappa shape index (κ2) is 7.33. The summed E-state index contributed by atoms with van der Waals surface area (Å²) in [4.78, 5) is 24.7. The van der Waals surface area contributed by atoms with E-state index in [9.17, 15) is 14.7 Å². The van der Waals surface area contributed by atoms with Crippen LogP contribution in [-0.4, -0.2) is 37.9 Å². The van der Waals surface area contributed by atoms with Gasteiger partial charge in [0, 0.05) is 23.6 Å². The molecule has 2 rings (SSSR count). The van der Waals surface area contributed by atoms with E-state index < -0.39 is 5.97 Å². The summed E-state index contributed by atoms with van der Waals surface area (Å²) >= 11 is 12.3. The van der Waals surface area contributed by atoms with Gasteiger partial charge in [0.25, 0.3) is 5.91 Å². The lowest BCUT2D eigenvalue weighted by molar-refractivity contribution is -0.137. The minimum Gasteiger partial charge on any atom is -0.507 e. The highest BCUT2D eigenvalue weighted by molar-refractivity contribution is 8.26. The number of carboxylic acid groups (broad SMARTS) is 1. The molecule has 1 amide bonds. The number of hydrogen-bond acceptors (Lipinski definition) is 5. The maximum atomic E-state index is 12.4. The summed E-state index contributed by atoms with van der Waals surface area (Å²) < 4.78 is 0.380. The van der Waals surface area contributed by atoms with Crippen molar-refractivity contribution in [2.45, 2.75) is 19.8 Å². The average Bonchev–Trinajstić information content (AvgIpc) is 2.71. The predicted molar refractivity (Wildman–Crippen MR) is 94.6 cm³/mol. The Bertz CT molecular complexity index is 718. The molecule has 1 aliphatic rings. The zero-order chi connectivity index (χ0) is 17.1. The van der Waals surface area contributed by atoms with E-state index in [0.717, 1.165) is 11.8 Å². The van der Waals surface area contributed by atoms with Crippen LogP contribution in [0.15, 0.2) is 17.0 Å². The highest BCUT2D eigenvalue weighted by Gasteiger charge is 2.31. The van der Waals surface area contributed by atoms with Gasteiger partial charge in [0.2, 0.25) is 0 Å². The number of amides is 1. The van der Waals surface area contributed by atoms with Gasteiger partial charge >= 0.3 is 5.97 Å². The van der Waals surface area contributed by atoms with Crippen LogP contribution in [0.1, 0.15) is 24.0 Å². The molecule has 1 aliphatic heterocycles. The average molecular weight is 372 g/mol. The zero-order valence-electron chi connectivity index (χ0n) is 12.2. The number of aromatic hydroxyl groups is 1. The molecule has 5 nitrogen and oxygen atoms in total. The molecule has 0 spiro atoms. The molecular formula is C15H14ClNO4S2. The van der Waals surface area contributed by atoms with Gasteiger partial charge in [0.15, 0.2) is 0 Å². The smallest absolute Gasteiger partial charge is 0.303 e. The van der Waals surface area contributed by atoms with Gasteiger partial charge in [-0.05, 0) is 37.1 Å². The number of phenolic OH excluding ortho intramolecular Hbond substituents is 1. The van der Waals surface area contributed by atoms with Crippen LogP contribution in [-0.2, 0) is 9.59 Å². The van der Waals surface area contributed by atoms with Crippen LogP contribution >= 0.6 is 35.6 Å². The van der Waals surface area contributed by atoms with Gasteiger partial charge in [-0.2, -0.15) is 0 Å². The largest absolute Gasteiger partial charge is 0.507 e. The van der Waals surface area contributed by atoms with Crippen molar-refractivity contribution >= 4 is 57.9 Å². The monoisotopic (exact) mass is 371 g/mol. The van der Waals surface area contributed by atoms with Gasteiger partial charge in [-0.15, -0.1) is 0 Å². The molecule has 122 valence electrons. The summed E-state index contributed by atoms with van der Waals surface area (Å²) in [5.41, 5.74) is 1.06. The van der Waals surface area contributed by atoms with Crippen molar-refractivity contribution in [3.63, 3.8) is 0 Å². The summed E-state index contributed by atoms with van der Waals surface area (Å²) in [6.07, 6.45) is 1.85. The number of benzene rings is 1. The number of phenols is 1. The molecule has 2 N–H and O–H groups in total. The van der Waals surface area contributed by atoms with Gasteiger partial charge in [0.05, 0.1) is 4.91 Å². The SMILES string of the molecule is Cc1cc(Cl)cc(C=C2SC(=S)N(CCCC(=O)O)C2=O)c1O. The predicted octanol–water partition coefficient (Wildman–Crippen LogP) is 3.42. The van der Waals surface area contributed by atoms with E-state index in [1.807, 2.05) is 0 Å². The third kappa shape index (κ3) is 4.25. The van der Waals surface area contributed by atoms with Crippen LogP contribution in [0.3, 0.4) is 0 Å². The Morgan fingerprint density at radius 2 is 2.17 bits per heavy atom. The molecule has 1 heterocycles. The molecule has 23 heavy (non-hydrogen) atoms. The maximum Gasteiger partial charge on any atom is 0.303 e. The van der Waals surface area contributed by atoms with E-state index in [1.165, 1.54) is 4.90 Å². The molecule has 0 unspecified atom stereocenters. The lowest BCUT2D eigenvalue weighted by Crippen LogP contribution is -2.29. The number of hydrogen-bond donors (Lipinski definition) is 2. The first-order chi connectivity index (χ1) is 10.8. The lowest BCUT2D eigenvalue weighted by Gasteiger charge is -2.13. The van der Waals surface area contributed by atoms with Gasteiger partial charge in [-0.25, -0.2) is 0 Å². The van der Waals surface area contributed by atoms with Gasteiger partial charge < -0.3 is 10.2 Å². The van der Waals surface area contributed by atoms with Crippen LogP contribution in [0.2, 0.25) is 5.02 Å². The summed E-state index contributed by atoms with van der Waals surface area (Å²) in [6, 6.07) is 3.20. The Morgan fingerprint density at radius 3 is 2.83 bits per heavy atom. The maximum absolute atomic E-state index is 12.4. The minimum atomic E-state index is -0.912. The van der Waals surface area contributed by atoms with E-state index in [1.54, 1.807) is 25.1 Å². The number of carbonyl (C=O) groups excluding carboxylic acids is 1. The Kier molecular flexibility index (Phi) is 5.67. The Labute approximate surface area is 147 Å². The first kappa shape index (κ1) is 17.8. The number of halogens is 1.